The predicted molar refractivity (Wildman–Crippen MR) is 89.3 cm³/mol. The summed E-state index contributed by atoms with van der Waals surface area (Å²) in [5.41, 5.74) is 0.958. The first-order valence-electron chi connectivity index (χ1n) is 7.96. The monoisotopic (exact) mass is 338 g/mol. The van der Waals surface area contributed by atoms with Gasteiger partial charge in [0.1, 0.15) is 12.5 Å². The van der Waals surface area contributed by atoms with E-state index in [-0.39, 0.29) is 30.5 Å². The molecule has 0 N–H and O–H groups in total. The Morgan fingerprint density at radius 3 is 2.74 bits per heavy atom. The van der Waals surface area contributed by atoms with Crippen molar-refractivity contribution in [2.45, 2.75) is 32.4 Å². The van der Waals surface area contributed by atoms with Crippen LogP contribution in [0.4, 0.5) is 4.79 Å². The van der Waals surface area contributed by atoms with Crippen molar-refractivity contribution in [3.05, 3.63) is 35.9 Å². The molecule has 6 heteroatoms. The molecule has 126 valence electrons. The van der Waals surface area contributed by atoms with Gasteiger partial charge in [0.05, 0.1) is 6.04 Å². The van der Waals surface area contributed by atoms with E-state index in [9.17, 15) is 9.59 Å². The van der Waals surface area contributed by atoms with E-state index in [0.29, 0.717) is 19.6 Å². The van der Waals surface area contributed by atoms with Gasteiger partial charge in [0.15, 0.2) is 0 Å². The van der Waals surface area contributed by atoms with Crippen LogP contribution in [-0.4, -0.2) is 53.4 Å². The molecule has 0 aromatic heterocycles. The third-order valence-corrected chi connectivity index (χ3v) is 4.31. The third kappa shape index (κ3) is 4.86. The van der Waals surface area contributed by atoms with E-state index in [1.165, 1.54) is 0 Å². The molecule has 0 spiro atoms. The van der Waals surface area contributed by atoms with E-state index in [1.807, 2.05) is 37.3 Å². The summed E-state index contributed by atoms with van der Waals surface area (Å²) in [6.07, 6.45) is 1.41. The van der Waals surface area contributed by atoms with Gasteiger partial charge in [-0.2, -0.15) is 0 Å². The second kappa shape index (κ2) is 8.77. The molecule has 0 radical (unpaired) electrons. The number of hydrogen-bond acceptors (Lipinski definition) is 3. The summed E-state index contributed by atoms with van der Waals surface area (Å²) in [7, 11) is 0. The summed E-state index contributed by atoms with van der Waals surface area (Å²) in [4.78, 5) is 27.6. The lowest BCUT2D eigenvalue weighted by molar-refractivity contribution is -0.130. The molecule has 2 amide bonds. The van der Waals surface area contributed by atoms with E-state index in [0.717, 1.165) is 18.4 Å². The SMILES string of the molecule is CCN(C(=O)OCc1ccccc1)C1CCCN(C(=O)CCl)C1. The first-order chi connectivity index (χ1) is 11.2. The van der Waals surface area contributed by atoms with Gasteiger partial charge in [-0.25, -0.2) is 4.79 Å². The van der Waals surface area contributed by atoms with Crippen molar-refractivity contribution in [1.29, 1.82) is 0 Å². The van der Waals surface area contributed by atoms with Crippen LogP contribution in [0.2, 0.25) is 0 Å². The first kappa shape index (κ1) is 17.6. The Morgan fingerprint density at radius 2 is 2.09 bits per heavy atom. The number of alkyl halides is 1. The number of carbonyl (C=O) groups excluding carboxylic acids is 2. The molecular weight excluding hydrogens is 316 g/mol. The number of likely N-dealkylation sites (N-methyl/N-ethyl adjacent to an activating group) is 1. The fourth-order valence-electron chi connectivity index (χ4n) is 2.86. The Kier molecular flexibility index (Phi) is 6.71. The highest BCUT2D eigenvalue weighted by Gasteiger charge is 2.30. The Hall–Kier alpha value is -1.75. The van der Waals surface area contributed by atoms with Gasteiger partial charge in [-0.15, -0.1) is 11.6 Å². The molecule has 5 nitrogen and oxygen atoms in total. The number of piperidine rings is 1. The van der Waals surface area contributed by atoms with E-state index < -0.39 is 0 Å². The summed E-state index contributed by atoms with van der Waals surface area (Å²) >= 11 is 5.63. The molecule has 2 rings (SSSR count). The normalized spacial score (nSPS) is 17.7. The zero-order valence-electron chi connectivity index (χ0n) is 13.4. The number of amides is 2. The van der Waals surface area contributed by atoms with Crippen LogP contribution in [0.25, 0.3) is 0 Å². The molecule has 1 aromatic rings. The molecule has 1 aromatic carbocycles. The average molecular weight is 339 g/mol. The molecule has 1 fully saturated rings. The largest absolute Gasteiger partial charge is 0.445 e. The second-order valence-electron chi connectivity index (χ2n) is 5.60. The Bertz CT molecular complexity index is 524. The van der Waals surface area contributed by atoms with Crippen LogP contribution in [0, 0.1) is 0 Å². The molecule has 1 atom stereocenters. The summed E-state index contributed by atoms with van der Waals surface area (Å²) in [5.74, 6) is -0.0952. The van der Waals surface area contributed by atoms with Gasteiger partial charge in [-0.05, 0) is 25.3 Å². The maximum atomic E-state index is 12.4. The molecule has 23 heavy (non-hydrogen) atoms. The molecule has 0 bridgehead atoms. The fourth-order valence-corrected chi connectivity index (χ4v) is 3.03. The van der Waals surface area contributed by atoms with E-state index >= 15 is 0 Å². The number of benzene rings is 1. The summed E-state index contributed by atoms with van der Waals surface area (Å²) in [6.45, 7) is 3.97. The Morgan fingerprint density at radius 1 is 1.35 bits per heavy atom. The minimum atomic E-state index is -0.332. The lowest BCUT2D eigenvalue weighted by atomic mass is 10.0. The summed E-state index contributed by atoms with van der Waals surface area (Å²) in [5, 5.41) is 0. The molecule has 1 unspecified atom stereocenters. The lowest BCUT2D eigenvalue weighted by Crippen LogP contribution is -2.52. The molecule has 1 aliphatic rings. The average Bonchev–Trinajstić information content (AvgIpc) is 2.61. The highest BCUT2D eigenvalue weighted by molar-refractivity contribution is 6.27. The van der Waals surface area contributed by atoms with Crippen molar-refractivity contribution in [2.24, 2.45) is 0 Å². The number of likely N-dealkylation sites (tertiary alicyclic amines) is 1. The highest BCUT2D eigenvalue weighted by atomic mass is 35.5. The van der Waals surface area contributed by atoms with Crippen molar-refractivity contribution in [1.82, 2.24) is 9.80 Å². The van der Waals surface area contributed by atoms with Crippen LogP contribution in [0.5, 0.6) is 0 Å². The van der Waals surface area contributed by atoms with Crippen LogP contribution in [-0.2, 0) is 16.1 Å². The maximum Gasteiger partial charge on any atom is 0.410 e. The lowest BCUT2D eigenvalue weighted by Gasteiger charge is -2.38. The summed E-state index contributed by atoms with van der Waals surface area (Å²) < 4.78 is 5.41. The molecule has 0 saturated carbocycles. The number of rotatable bonds is 5. The van der Waals surface area contributed by atoms with Crippen LogP contribution < -0.4 is 0 Å². The van der Waals surface area contributed by atoms with Crippen molar-refractivity contribution in [3.63, 3.8) is 0 Å². The number of ether oxygens (including phenoxy) is 1. The predicted octanol–water partition coefficient (Wildman–Crippen LogP) is 2.87. The van der Waals surface area contributed by atoms with Crippen molar-refractivity contribution in [2.75, 3.05) is 25.5 Å². The number of halogens is 1. The van der Waals surface area contributed by atoms with Crippen molar-refractivity contribution in [3.8, 4) is 0 Å². The van der Waals surface area contributed by atoms with Crippen molar-refractivity contribution >= 4 is 23.6 Å². The third-order valence-electron chi connectivity index (χ3n) is 4.08. The van der Waals surface area contributed by atoms with Gasteiger partial charge in [-0.1, -0.05) is 30.3 Å². The standard InChI is InChI=1S/C17H23ClN2O3/c1-2-20(15-9-6-10-19(12-15)16(21)11-18)17(22)23-13-14-7-4-3-5-8-14/h3-5,7-8,15H,2,6,9-13H2,1H3. The number of hydrogen-bond donors (Lipinski definition) is 0. The Balaban J connectivity index is 1.92. The second-order valence-corrected chi connectivity index (χ2v) is 5.86. The minimum Gasteiger partial charge on any atom is -0.445 e. The molecular formula is C17H23ClN2O3. The van der Waals surface area contributed by atoms with E-state index in [4.69, 9.17) is 16.3 Å². The smallest absolute Gasteiger partial charge is 0.410 e. The van der Waals surface area contributed by atoms with Crippen LogP contribution in [0.3, 0.4) is 0 Å². The molecule has 0 aliphatic carbocycles. The molecule has 1 aliphatic heterocycles. The van der Waals surface area contributed by atoms with Gasteiger partial charge in [0.2, 0.25) is 5.91 Å². The van der Waals surface area contributed by atoms with Gasteiger partial charge >= 0.3 is 6.09 Å². The summed E-state index contributed by atoms with van der Waals surface area (Å²) in [6, 6.07) is 9.59. The topological polar surface area (TPSA) is 49.9 Å². The number of nitrogens with zero attached hydrogens (tertiary/aromatic N) is 2. The highest BCUT2D eigenvalue weighted by Crippen LogP contribution is 2.17. The minimum absolute atomic E-state index is 0.0100. The maximum absolute atomic E-state index is 12.4. The quantitative estimate of drug-likeness (QED) is 0.776. The van der Waals surface area contributed by atoms with E-state index in [2.05, 4.69) is 0 Å². The molecule has 1 saturated heterocycles. The zero-order chi connectivity index (χ0) is 16.7. The van der Waals surface area contributed by atoms with E-state index in [1.54, 1.807) is 9.80 Å². The van der Waals surface area contributed by atoms with Crippen LogP contribution in [0.15, 0.2) is 30.3 Å². The Labute approximate surface area is 142 Å². The van der Waals surface area contributed by atoms with Gasteiger partial charge in [0, 0.05) is 19.6 Å². The van der Waals surface area contributed by atoms with Gasteiger partial charge in [-0.3, -0.25) is 4.79 Å². The van der Waals surface area contributed by atoms with Gasteiger partial charge < -0.3 is 14.5 Å². The van der Waals surface area contributed by atoms with Crippen LogP contribution >= 0.6 is 11.6 Å². The molecule has 1 heterocycles. The number of carbonyl (C=O) groups is 2. The van der Waals surface area contributed by atoms with Crippen molar-refractivity contribution < 1.29 is 14.3 Å². The van der Waals surface area contributed by atoms with Gasteiger partial charge in [0.25, 0.3) is 0 Å². The van der Waals surface area contributed by atoms with Crippen LogP contribution in [0.1, 0.15) is 25.3 Å². The zero-order valence-corrected chi connectivity index (χ0v) is 14.2. The fraction of sp³-hybridized carbons (Fsp3) is 0.529. The first-order valence-corrected chi connectivity index (χ1v) is 8.50.